The van der Waals surface area contributed by atoms with Crippen molar-refractivity contribution in [1.29, 1.82) is 0 Å². The Morgan fingerprint density at radius 3 is 2.79 bits per heavy atom. The Labute approximate surface area is 170 Å². The molecule has 5 rings (SSSR count). The molecule has 0 bridgehead atoms. The van der Waals surface area contributed by atoms with Crippen LogP contribution in [0.5, 0.6) is 11.5 Å². The number of halogens is 1. The molecule has 0 aliphatic heterocycles. The number of anilines is 2. The average molecular weight is 404 g/mol. The molecule has 5 aromatic rings. The van der Waals surface area contributed by atoms with Crippen LogP contribution < -0.4 is 10.1 Å². The number of nitrogens with zero attached hydrogens (tertiary/aromatic N) is 4. The van der Waals surface area contributed by atoms with Gasteiger partial charge in [0.1, 0.15) is 34.0 Å². The number of nitrogens with one attached hydrogen (secondary N) is 1. The summed E-state index contributed by atoms with van der Waals surface area (Å²) in [5.74, 6) is 2.02. The van der Waals surface area contributed by atoms with Crippen LogP contribution in [-0.4, -0.2) is 19.9 Å². The number of fused-ring (bicyclic) bond motifs is 2. The van der Waals surface area contributed by atoms with E-state index in [1.165, 1.54) is 12.7 Å². The van der Waals surface area contributed by atoms with E-state index in [0.717, 1.165) is 28.1 Å². The predicted molar refractivity (Wildman–Crippen MR) is 111 cm³/mol. The lowest BCUT2D eigenvalue weighted by molar-refractivity contribution is 0.479. The third-order valence-electron chi connectivity index (χ3n) is 4.42. The minimum atomic E-state index is 0.388. The fourth-order valence-electron chi connectivity index (χ4n) is 3.01. The van der Waals surface area contributed by atoms with Gasteiger partial charge in [0.25, 0.3) is 0 Å². The van der Waals surface area contributed by atoms with Crippen molar-refractivity contribution in [3.63, 3.8) is 0 Å². The monoisotopic (exact) mass is 403 g/mol. The average Bonchev–Trinajstić information content (AvgIpc) is 3.18. The summed E-state index contributed by atoms with van der Waals surface area (Å²) >= 11 is 6.02. The quantitative estimate of drug-likeness (QED) is 0.387. The van der Waals surface area contributed by atoms with Gasteiger partial charge in [0.2, 0.25) is 0 Å². The van der Waals surface area contributed by atoms with Gasteiger partial charge in [-0.05, 0) is 55.0 Å². The summed E-state index contributed by atoms with van der Waals surface area (Å²) in [6.45, 7) is 1.97. The van der Waals surface area contributed by atoms with Gasteiger partial charge in [0, 0.05) is 11.8 Å². The second-order valence-corrected chi connectivity index (χ2v) is 6.80. The van der Waals surface area contributed by atoms with Crippen LogP contribution in [0, 0.1) is 6.92 Å². The lowest BCUT2D eigenvalue weighted by Crippen LogP contribution is -1.98. The molecule has 0 saturated heterocycles. The number of oxazole rings is 1. The van der Waals surface area contributed by atoms with Gasteiger partial charge in [-0.2, -0.15) is 0 Å². The normalized spacial score (nSPS) is 11.1. The van der Waals surface area contributed by atoms with Crippen molar-refractivity contribution < 1.29 is 9.15 Å². The summed E-state index contributed by atoms with van der Waals surface area (Å²) in [4.78, 5) is 17.0. The van der Waals surface area contributed by atoms with Crippen LogP contribution >= 0.6 is 11.6 Å². The van der Waals surface area contributed by atoms with Crippen LogP contribution in [0.2, 0.25) is 5.15 Å². The molecule has 0 aliphatic rings. The molecule has 3 aromatic heterocycles. The number of hydrogen-bond donors (Lipinski definition) is 1. The maximum atomic E-state index is 6.02. The summed E-state index contributed by atoms with van der Waals surface area (Å²) in [5, 5.41) is 3.66. The van der Waals surface area contributed by atoms with Crippen molar-refractivity contribution in [2.75, 3.05) is 5.32 Å². The van der Waals surface area contributed by atoms with Crippen LogP contribution in [0.15, 0.2) is 65.7 Å². The topological polar surface area (TPSA) is 86.0 Å². The Morgan fingerprint density at radius 2 is 1.90 bits per heavy atom. The first-order valence-electron chi connectivity index (χ1n) is 8.82. The van der Waals surface area contributed by atoms with Crippen LogP contribution in [0.4, 0.5) is 11.5 Å². The van der Waals surface area contributed by atoms with Gasteiger partial charge in [-0.25, -0.2) is 19.9 Å². The zero-order valence-electron chi connectivity index (χ0n) is 15.3. The van der Waals surface area contributed by atoms with E-state index in [1.54, 1.807) is 6.07 Å². The zero-order chi connectivity index (χ0) is 19.8. The van der Waals surface area contributed by atoms with Gasteiger partial charge < -0.3 is 14.5 Å². The SMILES string of the molecule is Cc1cc(Nc2ncnc3ccc(Cl)nc23)ccc1Oc1ccc2ocnc2c1. The van der Waals surface area contributed by atoms with Crippen LogP contribution in [0.25, 0.3) is 22.1 Å². The van der Waals surface area contributed by atoms with E-state index in [-0.39, 0.29) is 0 Å². The first-order valence-corrected chi connectivity index (χ1v) is 9.19. The van der Waals surface area contributed by atoms with E-state index < -0.39 is 0 Å². The summed E-state index contributed by atoms with van der Waals surface area (Å²) in [6, 6.07) is 14.8. The first-order chi connectivity index (χ1) is 14.2. The molecule has 0 aliphatic carbocycles. The van der Waals surface area contributed by atoms with Crippen molar-refractivity contribution in [2.45, 2.75) is 6.92 Å². The van der Waals surface area contributed by atoms with Gasteiger partial charge in [0.15, 0.2) is 17.8 Å². The van der Waals surface area contributed by atoms with Crippen molar-refractivity contribution in [3.8, 4) is 11.5 Å². The maximum Gasteiger partial charge on any atom is 0.181 e. The number of benzene rings is 2. The van der Waals surface area contributed by atoms with E-state index in [4.69, 9.17) is 20.8 Å². The van der Waals surface area contributed by atoms with E-state index >= 15 is 0 Å². The molecule has 0 radical (unpaired) electrons. The molecular formula is C21H14ClN5O2. The van der Waals surface area contributed by atoms with E-state index in [0.29, 0.717) is 27.8 Å². The van der Waals surface area contributed by atoms with E-state index in [9.17, 15) is 0 Å². The molecule has 1 N–H and O–H groups in total. The number of hydrogen-bond acceptors (Lipinski definition) is 7. The smallest absolute Gasteiger partial charge is 0.181 e. The summed E-state index contributed by atoms with van der Waals surface area (Å²) in [5.41, 5.74) is 4.61. The third kappa shape index (κ3) is 3.43. The second-order valence-electron chi connectivity index (χ2n) is 6.41. The summed E-state index contributed by atoms with van der Waals surface area (Å²) < 4.78 is 11.3. The fraction of sp³-hybridized carbons (Fsp3) is 0.0476. The number of aryl methyl sites for hydroxylation is 1. The molecule has 0 fully saturated rings. The highest BCUT2D eigenvalue weighted by Gasteiger charge is 2.09. The van der Waals surface area contributed by atoms with Crippen LogP contribution in [0.1, 0.15) is 5.56 Å². The molecule has 0 spiro atoms. The highest BCUT2D eigenvalue weighted by Crippen LogP contribution is 2.30. The lowest BCUT2D eigenvalue weighted by Gasteiger charge is -2.12. The van der Waals surface area contributed by atoms with Gasteiger partial charge in [-0.1, -0.05) is 11.6 Å². The van der Waals surface area contributed by atoms with Gasteiger partial charge in [-0.3, -0.25) is 0 Å². The summed E-state index contributed by atoms with van der Waals surface area (Å²) in [7, 11) is 0. The molecule has 7 nitrogen and oxygen atoms in total. The minimum Gasteiger partial charge on any atom is -0.457 e. The maximum absolute atomic E-state index is 6.02. The molecule has 142 valence electrons. The van der Waals surface area contributed by atoms with Gasteiger partial charge in [0.05, 0.1) is 5.52 Å². The molecular weight excluding hydrogens is 390 g/mol. The number of pyridine rings is 1. The molecule has 29 heavy (non-hydrogen) atoms. The van der Waals surface area contributed by atoms with Crippen LogP contribution in [-0.2, 0) is 0 Å². The Kier molecular flexibility index (Phi) is 4.22. The van der Waals surface area contributed by atoms with Crippen molar-refractivity contribution in [2.24, 2.45) is 0 Å². The lowest BCUT2D eigenvalue weighted by atomic mass is 10.2. The molecule has 3 heterocycles. The highest BCUT2D eigenvalue weighted by molar-refractivity contribution is 6.29. The Bertz CT molecular complexity index is 1350. The van der Waals surface area contributed by atoms with Crippen molar-refractivity contribution >= 4 is 45.2 Å². The Morgan fingerprint density at radius 1 is 0.966 bits per heavy atom. The third-order valence-corrected chi connectivity index (χ3v) is 4.63. The fourth-order valence-corrected chi connectivity index (χ4v) is 3.16. The Hall–Kier alpha value is -3.71. The number of ether oxygens (including phenoxy) is 1. The summed E-state index contributed by atoms with van der Waals surface area (Å²) in [6.07, 6.45) is 2.91. The second kappa shape index (κ2) is 7.03. The molecule has 0 atom stereocenters. The zero-order valence-corrected chi connectivity index (χ0v) is 16.0. The highest BCUT2D eigenvalue weighted by atomic mass is 35.5. The molecule has 0 unspecified atom stereocenters. The van der Waals surface area contributed by atoms with Gasteiger partial charge >= 0.3 is 0 Å². The minimum absolute atomic E-state index is 0.388. The van der Waals surface area contributed by atoms with Crippen molar-refractivity contribution in [1.82, 2.24) is 19.9 Å². The largest absolute Gasteiger partial charge is 0.457 e. The number of rotatable bonds is 4. The first kappa shape index (κ1) is 17.4. The molecule has 2 aromatic carbocycles. The van der Waals surface area contributed by atoms with E-state index in [2.05, 4.69) is 25.3 Å². The Balaban J connectivity index is 1.42. The predicted octanol–water partition coefficient (Wildman–Crippen LogP) is 5.66. The van der Waals surface area contributed by atoms with Crippen molar-refractivity contribution in [3.05, 3.63) is 72.0 Å². The standard InChI is InChI=1S/C21H14ClN5O2/c1-12-8-13(26-21-20-15(23-10-24-21)4-7-19(22)27-20)2-5-17(12)29-14-3-6-18-16(9-14)25-11-28-18/h2-11H,1H3,(H,23,24,26). The number of aromatic nitrogens is 4. The van der Waals surface area contributed by atoms with E-state index in [1.807, 2.05) is 49.4 Å². The molecule has 0 saturated carbocycles. The van der Waals surface area contributed by atoms with Crippen LogP contribution in [0.3, 0.4) is 0 Å². The van der Waals surface area contributed by atoms with Gasteiger partial charge in [-0.15, -0.1) is 0 Å². The molecule has 0 amide bonds. The molecule has 8 heteroatoms.